The number of piperazine rings is 1. The maximum Gasteiger partial charge on any atom is 0.256 e. The predicted molar refractivity (Wildman–Crippen MR) is 109 cm³/mol. The average molecular weight is 410 g/mol. The van der Waals surface area contributed by atoms with Gasteiger partial charge in [-0.15, -0.1) is 0 Å². The molecule has 1 aliphatic heterocycles. The Morgan fingerprint density at radius 1 is 1.10 bits per heavy atom. The van der Waals surface area contributed by atoms with Gasteiger partial charge in [0.05, 0.1) is 16.9 Å². The Hall–Kier alpha value is -3.55. The molecule has 0 aromatic heterocycles. The summed E-state index contributed by atoms with van der Waals surface area (Å²) in [7, 11) is 0. The van der Waals surface area contributed by atoms with E-state index in [-0.39, 0.29) is 17.0 Å². The number of halogens is 2. The third kappa shape index (κ3) is 4.66. The minimum Gasteiger partial charge on any atom is -0.366 e. The van der Waals surface area contributed by atoms with Gasteiger partial charge in [-0.1, -0.05) is 23.7 Å². The molecule has 1 amide bonds. The molecule has 2 aromatic carbocycles. The van der Waals surface area contributed by atoms with Gasteiger partial charge in [-0.3, -0.25) is 4.79 Å². The zero-order valence-corrected chi connectivity index (χ0v) is 16.2. The summed E-state index contributed by atoms with van der Waals surface area (Å²) in [6.07, 6.45) is 1.33. The molecule has 8 heteroatoms. The van der Waals surface area contributed by atoms with Crippen molar-refractivity contribution in [1.29, 1.82) is 10.5 Å². The first-order valence-corrected chi connectivity index (χ1v) is 9.26. The maximum atomic E-state index is 13.9. The van der Waals surface area contributed by atoms with Crippen LogP contribution < -0.4 is 10.2 Å². The predicted octanol–water partition coefficient (Wildman–Crippen LogP) is 3.78. The van der Waals surface area contributed by atoms with Gasteiger partial charge in [0.2, 0.25) is 0 Å². The van der Waals surface area contributed by atoms with E-state index in [1.165, 1.54) is 18.3 Å². The van der Waals surface area contributed by atoms with Crippen molar-refractivity contribution in [3.8, 4) is 12.1 Å². The van der Waals surface area contributed by atoms with Gasteiger partial charge >= 0.3 is 0 Å². The van der Waals surface area contributed by atoms with Crippen molar-refractivity contribution in [2.75, 3.05) is 36.4 Å². The molecule has 0 atom stereocenters. The van der Waals surface area contributed by atoms with Crippen LogP contribution in [0.15, 0.2) is 54.2 Å². The molecular weight excluding hydrogens is 393 g/mol. The molecule has 1 saturated heterocycles. The summed E-state index contributed by atoms with van der Waals surface area (Å²) >= 11 is 6.09. The molecule has 1 aliphatic rings. The van der Waals surface area contributed by atoms with Gasteiger partial charge in [0.15, 0.2) is 0 Å². The molecular formula is C21H17ClFN5O. The quantitative estimate of drug-likeness (QED) is 0.777. The van der Waals surface area contributed by atoms with Gasteiger partial charge in [0.25, 0.3) is 5.91 Å². The lowest BCUT2D eigenvalue weighted by atomic mass is 10.1. The number of hydrogen-bond acceptors (Lipinski definition) is 5. The topological polar surface area (TPSA) is 83.2 Å². The highest BCUT2D eigenvalue weighted by Crippen LogP contribution is 2.30. The molecule has 0 aliphatic carbocycles. The Bertz CT molecular complexity index is 1020. The summed E-state index contributed by atoms with van der Waals surface area (Å²) in [5, 5.41) is 21.2. The highest BCUT2D eigenvalue weighted by Gasteiger charge is 2.25. The molecule has 1 N–H and O–H groups in total. The van der Waals surface area contributed by atoms with Crippen LogP contribution in [0.25, 0.3) is 0 Å². The maximum absolute atomic E-state index is 13.9. The van der Waals surface area contributed by atoms with Gasteiger partial charge in [0, 0.05) is 37.4 Å². The summed E-state index contributed by atoms with van der Waals surface area (Å²) in [6.45, 7) is 1.96. The van der Waals surface area contributed by atoms with E-state index in [4.69, 9.17) is 22.1 Å². The minimum atomic E-state index is -0.526. The van der Waals surface area contributed by atoms with Crippen molar-refractivity contribution < 1.29 is 9.18 Å². The lowest BCUT2D eigenvalue weighted by Crippen LogP contribution is -2.49. The fraction of sp³-hybridized carbons (Fsp3) is 0.190. The fourth-order valence-electron chi connectivity index (χ4n) is 3.09. The second-order valence-electron chi connectivity index (χ2n) is 6.35. The first kappa shape index (κ1) is 20.2. The van der Waals surface area contributed by atoms with Crippen LogP contribution in [0.1, 0.15) is 10.4 Å². The molecule has 2 aromatic rings. The molecule has 0 saturated carbocycles. The molecule has 0 bridgehead atoms. The molecule has 146 valence electrons. The number of carbonyl (C=O) groups excluding carboxylic acids is 1. The van der Waals surface area contributed by atoms with Crippen molar-refractivity contribution in [2.24, 2.45) is 0 Å². The lowest BCUT2D eigenvalue weighted by molar-refractivity contribution is 0.0742. The molecule has 3 rings (SSSR count). The Morgan fingerprint density at radius 2 is 1.79 bits per heavy atom. The standard InChI is InChI=1S/C21H17ClFN5O/c22-16-5-6-20(19(11-16)26-14-15(12-24)13-25)27-7-9-28(10-8-27)21(29)17-3-1-2-4-18(17)23/h1-6,11,14,26H,7-10H2. The number of rotatable bonds is 4. The number of carbonyl (C=O) groups is 1. The number of benzene rings is 2. The lowest BCUT2D eigenvalue weighted by Gasteiger charge is -2.37. The minimum absolute atomic E-state index is 0.0590. The van der Waals surface area contributed by atoms with Crippen molar-refractivity contribution in [3.63, 3.8) is 0 Å². The number of nitriles is 2. The van der Waals surface area contributed by atoms with Crippen LogP contribution in [0.5, 0.6) is 0 Å². The number of amides is 1. The monoisotopic (exact) mass is 409 g/mol. The summed E-state index contributed by atoms with van der Waals surface area (Å²) in [5.74, 6) is -0.852. The largest absolute Gasteiger partial charge is 0.366 e. The number of nitrogens with zero attached hydrogens (tertiary/aromatic N) is 4. The van der Waals surface area contributed by atoms with Gasteiger partial charge in [-0.2, -0.15) is 10.5 Å². The van der Waals surface area contributed by atoms with E-state index < -0.39 is 5.82 Å². The molecule has 6 nitrogen and oxygen atoms in total. The van der Waals surface area contributed by atoms with Crippen molar-refractivity contribution in [3.05, 3.63) is 70.6 Å². The third-order valence-electron chi connectivity index (χ3n) is 4.58. The Labute approximate surface area is 173 Å². The van der Waals surface area contributed by atoms with Crippen molar-refractivity contribution in [1.82, 2.24) is 4.90 Å². The van der Waals surface area contributed by atoms with Gasteiger partial charge < -0.3 is 15.1 Å². The summed E-state index contributed by atoms with van der Waals surface area (Å²) in [4.78, 5) is 16.3. The van der Waals surface area contributed by atoms with Gasteiger partial charge in [-0.05, 0) is 30.3 Å². The first-order chi connectivity index (χ1) is 14.0. The van der Waals surface area contributed by atoms with E-state index in [2.05, 4.69) is 10.2 Å². The fourth-order valence-corrected chi connectivity index (χ4v) is 3.27. The summed E-state index contributed by atoms with van der Waals surface area (Å²) in [5.41, 5.74) is 1.49. The highest BCUT2D eigenvalue weighted by molar-refractivity contribution is 6.31. The van der Waals surface area contributed by atoms with E-state index in [0.717, 1.165) is 5.69 Å². The molecule has 0 spiro atoms. The van der Waals surface area contributed by atoms with Crippen LogP contribution >= 0.6 is 11.6 Å². The number of allylic oxidation sites excluding steroid dienone is 1. The second-order valence-corrected chi connectivity index (χ2v) is 6.78. The smallest absolute Gasteiger partial charge is 0.256 e. The van der Waals surface area contributed by atoms with Crippen LogP contribution in [0.3, 0.4) is 0 Å². The Morgan fingerprint density at radius 3 is 2.45 bits per heavy atom. The number of hydrogen-bond donors (Lipinski definition) is 1. The van der Waals surface area contributed by atoms with Crippen LogP contribution in [0.4, 0.5) is 15.8 Å². The average Bonchev–Trinajstić information content (AvgIpc) is 2.75. The van der Waals surface area contributed by atoms with E-state index >= 15 is 0 Å². The number of nitrogens with one attached hydrogen (secondary N) is 1. The Balaban J connectivity index is 1.73. The van der Waals surface area contributed by atoms with Gasteiger partial charge in [-0.25, -0.2) is 4.39 Å². The SMILES string of the molecule is N#CC(C#N)=CNc1cc(Cl)ccc1N1CCN(C(=O)c2ccccc2F)CC1. The first-order valence-electron chi connectivity index (χ1n) is 8.88. The van der Waals surface area contributed by atoms with Crippen molar-refractivity contribution in [2.45, 2.75) is 0 Å². The Kier molecular flexibility index (Phi) is 6.33. The van der Waals surface area contributed by atoms with Gasteiger partial charge in [0.1, 0.15) is 23.5 Å². The van der Waals surface area contributed by atoms with Crippen LogP contribution in [-0.2, 0) is 0 Å². The van der Waals surface area contributed by atoms with Crippen LogP contribution in [0.2, 0.25) is 5.02 Å². The normalized spacial score (nSPS) is 13.2. The molecule has 29 heavy (non-hydrogen) atoms. The molecule has 1 fully saturated rings. The highest BCUT2D eigenvalue weighted by atomic mass is 35.5. The van der Waals surface area contributed by atoms with Crippen molar-refractivity contribution >= 4 is 28.9 Å². The molecule has 1 heterocycles. The second kappa shape index (κ2) is 9.09. The van der Waals surface area contributed by atoms with Crippen LogP contribution in [0, 0.1) is 28.5 Å². The zero-order chi connectivity index (χ0) is 20.8. The zero-order valence-electron chi connectivity index (χ0n) is 15.4. The molecule has 0 radical (unpaired) electrons. The third-order valence-corrected chi connectivity index (χ3v) is 4.82. The number of anilines is 2. The molecule has 0 unspecified atom stereocenters. The summed E-state index contributed by atoms with van der Waals surface area (Å²) < 4.78 is 13.9. The summed E-state index contributed by atoms with van der Waals surface area (Å²) in [6, 6.07) is 14.8. The van der Waals surface area contributed by atoms with E-state index in [1.807, 2.05) is 6.07 Å². The van der Waals surface area contributed by atoms with Crippen LogP contribution in [-0.4, -0.2) is 37.0 Å². The van der Waals surface area contributed by atoms with E-state index in [0.29, 0.717) is 36.9 Å². The van der Waals surface area contributed by atoms with E-state index in [1.54, 1.807) is 41.3 Å². The van der Waals surface area contributed by atoms with E-state index in [9.17, 15) is 9.18 Å².